The van der Waals surface area contributed by atoms with E-state index in [1.54, 1.807) is 18.4 Å². The lowest BCUT2D eigenvalue weighted by atomic mass is 10.2. The van der Waals surface area contributed by atoms with Gasteiger partial charge in [0.2, 0.25) is 0 Å². The first-order valence-corrected chi connectivity index (χ1v) is 7.92. The maximum atomic E-state index is 5.84. The summed E-state index contributed by atoms with van der Waals surface area (Å²) in [7, 11) is 1.66. The van der Waals surface area contributed by atoms with Gasteiger partial charge in [-0.15, -0.1) is 11.3 Å². The second-order valence-electron chi connectivity index (χ2n) is 4.43. The normalized spacial score (nSPS) is 11.1. The van der Waals surface area contributed by atoms with Crippen molar-refractivity contribution in [3.8, 4) is 5.75 Å². The Morgan fingerprint density at radius 3 is 2.95 bits per heavy atom. The number of para-hydroxylation sites is 1. The van der Waals surface area contributed by atoms with E-state index in [4.69, 9.17) is 9.15 Å². The zero-order valence-corrected chi connectivity index (χ0v) is 13.4. The second-order valence-corrected chi connectivity index (χ2v) is 6.34. The number of thiophene rings is 1. The van der Waals surface area contributed by atoms with Gasteiger partial charge >= 0.3 is 0 Å². The highest BCUT2D eigenvalue weighted by atomic mass is 79.9. The van der Waals surface area contributed by atoms with Gasteiger partial charge in [0.1, 0.15) is 5.76 Å². The summed E-state index contributed by atoms with van der Waals surface area (Å²) in [6, 6.07) is 10.1. The minimum Gasteiger partial charge on any atom is -0.493 e. The molecule has 1 N–H and O–H groups in total. The Morgan fingerprint density at radius 1 is 1.30 bits per heavy atom. The standard InChI is InChI=1S/C15H14BrNO2S/c1-18-14-4-2-3-10-5-12(19-15(10)14)7-17-8-13-6-11(16)9-20-13/h2-6,9,17H,7-8H2,1H3. The Morgan fingerprint density at radius 2 is 2.20 bits per heavy atom. The van der Waals surface area contributed by atoms with E-state index >= 15 is 0 Å². The first-order chi connectivity index (χ1) is 9.76. The van der Waals surface area contributed by atoms with Crippen molar-refractivity contribution in [2.24, 2.45) is 0 Å². The molecular formula is C15H14BrNO2S. The molecule has 0 aliphatic heterocycles. The van der Waals surface area contributed by atoms with E-state index in [0.717, 1.165) is 33.5 Å². The molecule has 0 aliphatic rings. The lowest BCUT2D eigenvalue weighted by Gasteiger charge is -2.00. The van der Waals surface area contributed by atoms with Crippen LogP contribution in [0.3, 0.4) is 0 Å². The molecule has 0 radical (unpaired) electrons. The largest absolute Gasteiger partial charge is 0.493 e. The van der Waals surface area contributed by atoms with Gasteiger partial charge in [0.25, 0.3) is 0 Å². The molecule has 2 aromatic heterocycles. The fourth-order valence-corrected chi connectivity index (χ4v) is 3.51. The van der Waals surface area contributed by atoms with Gasteiger partial charge in [-0.1, -0.05) is 12.1 Å². The molecule has 3 aromatic rings. The number of hydrogen-bond donors (Lipinski definition) is 1. The molecule has 1 aromatic carbocycles. The maximum Gasteiger partial charge on any atom is 0.176 e. The Hall–Kier alpha value is -1.30. The fraction of sp³-hybridized carbons (Fsp3) is 0.200. The number of rotatable bonds is 5. The van der Waals surface area contributed by atoms with Crippen molar-refractivity contribution >= 4 is 38.2 Å². The van der Waals surface area contributed by atoms with E-state index in [1.165, 1.54) is 4.88 Å². The quantitative estimate of drug-likeness (QED) is 0.731. The van der Waals surface area contributed by atoms with Crippen LogP contribution in [0.4, 0.5) is 0 Å². The zero-order chi connectivity index (χ0) is 13.9. The lowest BCUT2D eigenvalue weighted by molar-refractivity contribution is 0.406. The molecule has 0 aliphatic carbocycles. The van der Waals surface area contributed by atoms with Crippen molar-refractivity contribution in [3.05, 3.63) is 50.8 Å². The summed E-state index contributed by atoms with van der Waals surface area (Å²) in [5, 5.41) is 6.54. The van der Waals surface area contributed by atoms with Gasteiger partial charge in [-0.05, 0) is 34.1 Å². The van der Waals surface area contributed by atoms with Crippen LogP contribution in [-0.4, -0.2) is 7.11 Å². The van der Waals surface area contributed by atoms with Crippen molar-refractivity contribution in [3.63, 3.8) is 0 Å². The lowest BCUT2D eigenvalue weighted by Crippen LogP contribution is -2.10. The molecule has 20 heavy (non-hydrogen) atoms. The number of nitrogens with one attached hydrogen (secondary N) is 1. The Bertz CT molecular complexity index is 720. The van der Waals surface area contributed by atoms with Crippen LogP contribution in [0.2, 0.25) is 0 Å². The number of fused-ring (bicyclic) bond motifs is 1. The maximum absolute atomic E-state index is 5.84. The van der Waals surface area contributed by atoms with Crippen LogP contribution in [0.25, 0.3) is 11.0 Å². The SMILES string of the molecule is COc1cccc2cc(CNCc3cc(Br)cs3)oc12. The van der Waals surface area contributed by atoms with E-state index in [1.807, 2.05) is 18.2 Å². The summed E-state index contributed by atoms with van der Waals surface area (Å²) in [5.74, 6) is 1.69. The van der Waals surface area contributed by atoms with E-state index in [9.17, 15) is 0 Å². The van der Waals surface area contributed by atoms with Gasteiger partial charge in [-0.25, -0.2) is 0 Å². The van der Waals surface area contributed by atoms with Crippen LogP contribution in [0.5, 0.6) is 5.75 Å². The third-order valence-electron chi connectivity index (χ3n) is 3.00. The van der Waals surface area contributed by atoms with Crippen LogP contribution in [0.1, 0.15) is 10.6 Å². The van der Waals surface area contributed by atoms with E-state index in [2.05, 4.69) is 38.8 Å². The van der Waals surface area contributed by atoms with Crippen LogP contribution >= 0.6 is 27.3 Å². The Balaban J connectivity index is 1.68. The third kappa shape index (κ3) is 2.90. The smallest absolute Gasteiger partial charge is 0.176 e. The molecule has 0 saturated carbocycles. The number of halogens is 1. The van der Waals surface area contributed by atoms with Crippen LogP contribution in [0, 0.1) is 0 Å². The summed E-state index contributed by atoms with van der Waals surface area (Å²) < 4.78 is 12.3. The topological polar surface area (TPSA) is 34.4 Å². The minimum absolute atomic E-state index is 0.702. The summed E-state index contributed by atoms with van der Waals surface area (Å²) in [5.41, 5.74) is 0.811. The molecule has 3 nitrogen and oxygen atoms in total. The van der Waals surface area contributed by atoms with Crippen molar-refractivity contribution in [1.82, 2.24) is 5.32 Å². The molecule has 0 bridgehead atoms. The molecule has 0 spiro atoms. The third-order valence-corrected chi connectivity index (χ3v) is 4.70. The van der Waals surface area contributed by atoms with Crippen molar-refractivity contribution < 1.29 is 9.15 Å². The molecular weight excluding hydrogens is 338 g/mol. The van der Waals surface area contributed by atoms with Gasteiger partial charge in [0.15, 0.2) is 11.3 Å². The van der Waals surface area contributed by atoms with Crippen molar-refractivity contribution in [1.29, 1.82) is 0 Å². The first kappa shape index (κ1) is 13.7. The van der Waals surface area contributed by atoms with Crippen LogP contribution in [0.15, 0.2) is 44.6 Å². The average Bonchev–Trinajstić information content (AvgIpc) is 3.04. The summed E-state index contributed by atoms with van der Waals surface area (Å²) >= 11 is 5.19. The van der Waals surface area contributed by atoms with Gasteiger partial charge in [0.05, 0.1) is 13.7 Å². The number of methoxy groups -OCH3 is 1. The highest BCUT2D eigenvalue weighted by molar-refractivity contribution is 9.10. The first-order valence-electron chi connectivity index (χ1n) is 6.25. The molecule has 5 heteroatoms. The van der Waals surface area contributed by atoms with Crippen LogP contribution in [-0.2, 0) is 13.1 Å². The highest BCUT2D eigenvalue weighted by Crippen LogP contribution is 2.28. The minimum atomic E-state index is 0.702. The Kier molecular flexibility index (Phi) is 4.10. The predicted octanol–water partition coefficient (Wildman–Crippen LogP) is 4.56. The highest BCUT2D eigenvalue weighted by Gasteiger charge is 2.08. The molecule has 0 amide bonds. The van der Waals surface area contributed by atoms with Crippen LogP contribution < -0.4 is 10.1 Å². The number of hydrogen-bond acceptors (Lipinski definition) is 4. The monoisotopic (exact) mass is 351 g/mol. The van der Waals surface area contributed by atoms with E-state index in [-0.39, 0.29) is 0 Å². The molecule has 0 atom stereocenters. The number of benzene rings is 1. The molecule has 0 saturated heterocycles. The molecule has 3 rings (SSSR count). The summed E-state index contributed by atoms with van der Waals surface area (Å²) in [6.45, 7) is 1.54. The Labute approximate surface area is 129 Å². The van der Waals surface area contributed by atoms with Crippen molar-refractivity contribution in [2.45, 2.75) is 13.1 Å². The molecule has 104 valence electrons. The average molecular weight is 352 g/mol. The second kappa shape index (κ2) is 5.99. The molecule has 0 unspecified atom stereocenters. The van der Waals surface area contributed by atoms with Gasteiger partial charge in [-0.3, -0.25) is 0 Å². The zero-order valence-electron chi connectivity index (χ0n) is 11.0. The number of furan rings is 1. The van der Waals surface area contributed by atoms with E-state index < -0.39 is 0 Å². The predicted molar refractivity (Wildman–Crippen MR) is 85.3 cm³/mol. The fourth-order valence-electron chi connectivity index (χ4n) is 2.09. The van der Waals surface area contributed by atoms with Gasteiger partial charge in [0, 0.05) is 26.7 Å². The molecule has 0 fully saturated rings. The summed E-state index contributed by atoms with van der Waals surface area (Å²) in [4.78, 5) is 1.30. The van der Waals surface area contributed by atoms with E-state index in [0.29, 0.717) is 6.54 Å². The number of ether oxygens (including phenoxy) is 1. The van der Waals surface area contributed by atoms with Gasteiger partial charge < -0.3 is 14.5 Å². The summed E-state index contributed by atoms with van der Waals surface area (Å²) in [6.07, 6.45) is 0. The van der Waals surface area contributed by atoms with Gasteiger partial charge in [-0.2, -0.15) is 0 Å². The van der Waals surface area contributed by atoms with Crippen molar-refractivity contribution in [2.75, 3.05) is 7.11 Å². The molecule has 2 heterocycles.